The second-order valence-electron chi connectivity index (χ2n) is 5.17. The molecule has 106 valence electrons. The summed E-state index contributed by atoms with van der Waals surface area (Å²) in [5, 5.41) is 12.1. The monoisotopic (exact) mass is 271 g/mol. The van der Waals surface area contributed by atoms with Gasteiger partial charge in [0.1, 0.15) is 0 Å². The minimum atomic E-state index is 0.0863. The van der Waals surface area contributed by atoms with Crippen LogP contribution in [0, 0.1) is 11.3 Å². The molecule has 4 nitrogen and oxygen atoms in total. The van der Waals surface area contributed by atoms with E-state index in [1.807, 2.05) is 4.90 Å². The first-order valence-electron chi connectivity index (χ1n) is 7.28. The smallest absolute Gasteiger partial charge is 0.254 e. The third-order valence-electron chi connectivity index (χ3n) is 3.74. The molecule has 0 radical (unpaired) electrons. The summed E-state index contributed by atoms with van der Waals surface area (Å²) in [5.74, 6) is 0.0863. The Hall–Kier alpha value is -1.86. The summed E-state index contributed by atoms with van der Waals surface area (Å²) in [7, 11) is 0. The van der Waals surface area contributed by atoms with Crippen LogP contribution in [0.25, 0.3) is 0 Å². The molecular weight excluding hydrogens is 250 g/mol. The fourth-order valence-electron chi connectivity index (χ4n) is 2.66. The van der Waals surface area contributed by atoms with E-state index in [9.17, 15) is 4.79 Å². The van der Waals surface area contributed by atoms with Gasteiger partial charge in [-0.1, -0.05) is 6.92 Å². The van der Waals surface area contributed by atoms with E-state index in [0.29, 0.717) is 17.2 Å². The van der Waals surface area contributed by atoms with Gasteiger partial charge in [0.25, 0.3) is 5.91 Å². The average Bonchev–Trinajstić information content (AvgIpc) is 2.53. The number of nitriles is 1. The van der Waals surface area contributed by atoms with Gasteiger partial charge in [0.2, 0.25) is 0 Å². The first kappa shape index (κ1) is 14.5. The Kier molecular flexibility index (Phi) is 5.14. The number of hydrogen-bond donors (Lipinski definition) is 1. The van der Waals surface area contributed by atoms with Gasteiger partial charge < -0.3 is 10.2 Å². The van der Waals surface area contributed by atoms with Crippen LogP contribution in [0.3, 0.4) is 0 Å². The molecule has 0 spiro atoms. The maximum absolute atomic E-state index is 12.7. The molecular formula is C16H21N3O. The van der Waals surface area contributed by atoms with Gasteiger partial charge in [0.15, 0.2) is 0 Å². The Bertz CT molecular complexity index is 483. The zero-order valence-corrected chi connectivity index (χ0v) is 11.9. The van der Waals surface area contributed by atoms with E-state index in [-0.39, 0.29) is 5.91 Å². The highest BCUT2D eigenvalue weighted by molar-refractivity contribution is 5.94. The Balaban J connectivity index is 2.14. The van der Waals surface area contributed by atoms with Gasteiger partial charge in [-0.15, -0.1) is 0 Å². The van der Waals surface area contributed by atoms with E-state index >= 15 is 0 Å². The molecule has 1 aliphatic heterocycles. The highest BCUT2D eigenvalue weighted by atomic mass is 16.2. The van der Waals surface area contributed by atoms with Crippen LogP contribution in [0.2, 0.25) is 0 Å². The highest BCUT2D eigenvalue weighted by Gasteiger charge is 2.25. The lowest BCUT2D eigenvalue weighted by Crippen LogP contribution is -2.46. The van der Waals surface area contributed by atoms with Crippen LogP contribution in [0.15, 0.2) is 24.3 Å². The van der Waals surface area contributed by atoms with Crippen molar-refractivity contribution in [2.45, 2.75) is 32.2 Å². The van der Waals surface area contributed by atoms with Crippen LogP contribution in [0.5, 0.6) is 0 Å². The molecule has 4 heteroatoms. The Morgan fingerprint density at radius 2 is 2.00 bits per heavy atom. The van der Waals surface area contributed by atoms with Gasteiger partial charge in [-0.25, -0.2) is 0 Å². The van der Waals surface area contributed by atoms with Gasteiger partial charge >= 0.3 is 0 Å². The number of carbonyl (C=O) groups excluding carboxylic acids is 1. The van der Waals surface area contributed by atoms with Crippen molar-refractivity contribution in [1.29, 1.82) is 5.26 Å². The molecule has 1 N–H and O–H groups in total. The van der Waals surface area contributed by atoms with Crippen molar-refractivity contribution in [3.8, 4) is 6.07 Å². The number of piperidine rings is 1. The molecule has 2 rings (SSSR count). The molecule has 20 heavy (non-hydrogen) atoms. The standard InChI is InChI=1S/C16H21N3O/c1-2-11-19(15-7-9-18-10-8-15)16(20)14-5-3-13(12-17)4-6-14/h3-6,15,18H,2,7-11H2,1H3. The lowest BCUT2D eigenvalue weighted by molar-refractivity contribution is 0.0642. The zero-order chi connectivity index (χ0) is 14.4. The molecule has 1 aliphatic rings. The number of benzene rings is 1. The van der Waals surface area contributed by atoms with E-state index in [1.165, 1.54) is 0 Å². The normalized spacial score (nSPS) is 15.6. The summed E-state index contributed by atoms with van der Waals surface area (Å²) in [6, 6.07) is 9.34. The van der Waals surface area contributed by atoms with Crippen molar-refractivity contribution in [3.05, 3.63) is 35.4 Å². The average molecular weight is 271 g/mol. The van der Waals surface area contributed by atoms with Gasteiger partial charge in [-0.2, -0.15) is 5.26 Å². The van der Waals surface area contributed by atoms with Crippen LogP contribution in [-0.2, 0) is 0 Å². The van der Waals surface area contributed by atoms with Gasteiger partial charge in [-0.3, -0.25) is 4.79 Å². The van der Waals surface area contributed by atoms with E-state index < -0.39 is 0 Å². The van der Waals surface area contributed by atoms with Gasteiger partial charge in [0, 0.05) is 18.2 Å². The molecule has 0 saturated carbocycles. The maximum atomic E-state index is 12.7. The molecule has 1 amide bonds. The summed E-state index contributed by atoms with van der Waals surface area (Å²) in [5.41, 5.74) is 1.27. The third-order valence-corrected chi connectivity index (χ3v) is 3.74. The van der Waals surface area contributed by atoms with Crippen molar-refractivity contribution in [2.75, 3.05) is 19.6 Å². The highest BCUT2D eigenvalue weighted by Crippen LogP contribution is 2.16. The van der Waals surface area contributed by atoms with E-state index in [0.717, 1.165) is 38.9 Å². The topological polar surface area (TPSA) is 56.1 Å². The number of nitrogens with one attached hydrogen (secondary N) is 1. The summed E-state index contributed by atoms with van der Waals surface area (Å²) in [6.45, 7) is 4.85. The predicted octanol–water partition coefficient (Wildman–Crippen LogP) is 2.16. The van der Waals surface area contributed by atoms with Crippen molar-refractivity contribution in [2.24, 2.45) is 0 Å². The lowest BCUT2D eigenvalue weighted by Gasteiger charge is -2.34. The first-order valence-corrected chi connectivity index (χ1v) is 7.28. The Morgan fingerprint density at radius 3 is 2.55 bits per heavy atom. The van der Waals surface area contributed by atoms with Crippen LogP contribution < -0.4 is 5.32 Å². The third kappa shape index (κ3) is 3.37. The molecule has 1 saturated heterocycles. The largest absolute Gasteiger partial charge is 0.336 e. The fourth-order valence-corrected chi connectivity index (χ4v) is 2.66. The lowest BCUT2D eigenvalue weighted by atomic mass is 10.0. The minimum absolute atomic E-state index is 0.0863. The number of hydrogen-bond acceptors (Lipinski definition) is 3. The van der Waals surface area contributed by atoms with Crippen molar-refractivity contribution in [3.63, 3.8) is 0 Å². The molecule has 0 bridgehead atoms. The van der Waals surface area contributed by atoms with Crippen LogP contribution >= 0.6 is 0 Å². The maximum Gasteiger partial charge on any atom is 0.254 e. The van der Waals surface area contributed by atoms with Gasteiger partial charge in [-0.05, 0) is 56.6 Å². The molecule has 0 atom stereocenters. The molecule has 1 aromatic carbocycles. The van der Waals surface area contributed by atoms with Crippen molar-refractivity contribution >= 4 is 5.91 Å². The molecule has 1 heterocycles. The summed E-state index contributed by atoms with van der Waals surface area (Å²) in [4.78, 5) is 14.7. The molecule has 1 aromatic rings. The van der Waals surface area contributed by atoms with E-state index in [2.05, 4.69) is 18.3 Å². The Morgan fingerprint density at radius 1 is 1.35 bits per heavy atom. The minimum Gasteiger partial charge on any atom is -0.336 e. The van der Waals surface area contributed by atoms with Crippen molar-refractivity contribution < 1.29 is 4.79 Å². The SMILES string of the molecule is CCCN(C(=O)c1ccc(C#N)cc1)C1CCNCC1. The predicted molar refractivity (Wildman–Crippen MR) is 78.4 cm³/mol. The number of amides is 1. The molecule has 0 aliphatic carbocycles. The zero-order valence-electron chi connectivity index (χ0n) is 11.9. The summed E-state index contributed by atoms with van der Waals surface area (Å²) < 4.78 is 0. The number of nitrogens with zero attached hydrogens (tertiary/aromatic N) is 2. The van der Waals surface area contributed by atoms with Crippen LogP contribution in [0.4, 0.5) is 0 Å². The number of rotatable bonds is 4. The summed E-state index contributed by atoms with van der Waals surface area (Å²) in [6.07, 6.45) is 3.00. The molecule has 0 unspecified atom stereocenters. The van der Waals surface area contributed by atoms with Gasteiger partial charge in [0.05, 0.1) is 11.6 Å². The number of carbonyl (C=O) groups is 1. The van der Waals surface area contributed by atoms with Crippen molar-refractivity contribution in [1.82, 2.24) is 10.2 Å². The fraction of sp³-hybridized carbons (Fsp3) is 0.500. The van der Waals surface area contributed by atoms with Crippen LogP contribution in [-0.4, -0.2) is 36.5 Å². The van der Waals surface area contributed by atoms with Crippen LogP contribution in [0.1, 0.15) is 42.1 Å². The quantitative estimate of drug-likeness (QED) is 0.913. The Labute approximate surface area is 120 Å². The summed E-state index contributed by atoms with van der Waals surface area (Å²) >= 11 is 0. The molecule has 0 aromatic heterocycles. The first-order chi connectivity index (χ1) is 9.76. The van der Waals surface area contributed by atoms with E-state index in [1.54, 1.807) is 24.3 Å². The second kappa shape index (κ2) is 7.06. The van der Waals surface area contributed by atoms with E-state index in [4.69, 9.17) is 5.26 Å². The second-order valence-corrected chi connectivity index (χ2v) is 5.17. The molecule has 1 fully saturated rings.